The summed E-state index contributed by atoms with van der Waals surface area (Å²) >= 11 is 6.03. The van der Waals surface area contributed by atoms with E-state index in [1.54, 1.807) is 6.07 Å². The highest BCUT2D eigenvalue weighted by atomic mass is 35.5. The summed E-state index contributed by atoms with van der Waals surface area (Å²) in [4.78, 5) is 12.5. The number of hydrogen-bond acceptors (Lipinski definition) is 1. The van der Waals surface area contributed by atoms with E-state index in [2.05, 4.69) is 19.9 Å². The number of halogens is 1. The Kier molecular flexibility index (Phi) is 4.61. The lowest BCUT2D eigenvalue weighted by molar-refractivity contribution is 0.103. The van der Waals surface area contributed by atoms with Crippen LogP contribution >= 0.6 is 11.6 Å². The predicted molar refractivity (Wildman–Crippen MR) is 84.6 cm³/mol. The molecule has 0 aliphatic heterocycles. The molecule has 2 heteroatoms. The maximum Gasteiger partial charge on any atom is 0.193 e. The third-order valence-corrected chi connectivity index (χ3v) is 3.36. The van der Waals surface area contributed by atoms with E-state index in [1.807, 2.05) is 37.3 Å². The summed E-state index contributed by atoms with van der Waals surface area (Å²) in [5, 5.41) is 0.603. The molecule has 0 N–H and O–H groups in total. The van der Waals surface area contributed by atoms with Gasteiger partial charge in [0.15, 0.2) is 5.78 Å². The molecule has 0 aliphatic rings. The molecule has 20 heavy (non-hydrogen) atoms. The van der Waals surface area contributed by atoms with Gasteiger partial charge < -0.3 is 0 Å². The molecule has 1 nitrogen and oxygen atoms in total. The van der Waals surface area contributed by atoms with Crippen molar-refractivity contribution in [1.29, 1.82) is 0 Å². The molecule has 0 atom stereocenters. The van der Waals surface area contributed by atoms with E-state index in [1.165, 1.54) is 5.56 Å². The number of rotatable bonds is 4. The van der Waals surface area contributed by atoms with Gasteiger partial charge in [0, 0.05) is 16.1 Å². The Bertz CT molecular complexity index is 609. The van der Waals surface area contributed by atoms with Crippen molar-refractivity contribution in [2.45, 2.75) is 27.2 Å². The van der Waals surface area contributed by atoms with Gasteiger partial charge in [0.25, 0.3) is 0 Å². The summed E-state index contributed by atoms with van der Waals surface area (Å²) in [5.41, 5.74) is 3.57. The van der Waals surface area contributed by atoms with Crippen LogP contribution in [0.1, 0.15) is 40.9 Å². The van der Waals surface area contributed by atoms with E-state index in [0.717, 1.165) is 17.5 Å². The van der Waals surface area contributed by atoms with E-state index in [9.17, 15) is 4.79 Å². The maximum atomic E-state index is 12.5. The van der Waals surface area contributed by atoms with E-state index in [0.29, 0.717) is 16.5 Å². The number of carbonyl (C=O) groups excluding carboxylic acids is 1. The van der Waals surface area contributed by atoms with Crippen molar-refractivity contribution >= 4 is 17.4 Å². The Morgan fingerprint density at radius 2 is 1.85 bits per heavy atom. The quantitative estimate of drug-likeness (QED) is 0.717. The summed E-state index contributed by atoms with van der Waals surface area (Å²) in [7, 11) is 0. The van der Waals surface area contributed by atoms with E-state index >= 15 is 0 Å². The SMILES string of the molecule is Cc1cc(Cl)cc(C(=O)c2cccc(CC(C)C)c2)c1. The Morgan fingerprint density at radius 1 is 1.10 bits per heavy atom. The monoisotopic (exact) mass is 286 g/mol. The standard InChI is InChI=1S/C18H19ClO/c1-12(2)7-14-5-4-6-15(10-14)18(20)16-8-13(3)9-17(19)11-16/h4-6,8-12H,7H2,1-3H3. The van der Waals surface area contributed by atoms with Crippen molar-refractivity contribution in [3.8, 4) is 0 Å². The highest BCUT2D eigenvalue weighted by Gasteiger charge is 2.11. The zero-order chi connectivity index (χ0) is 14.7. The average Bonchev–Trinajstić information content (AvgIpc) is 2.36. The summed E-state index contributed by atoms with van der Waals surface area (Å²) in [6, 6.07) is 13.3. The number of ketones is 1. The van der Waals surface area contributed by atoms with Crippen molar-refractivity contribution in [2.75, 3.05) is 0 Å². The van der Waals surface area contributed by atoms with Gasteiger partial charge in [-0.05, 0) is 54.7 Å². The number of hydrogen-bond donors (Lipinski definition) is 0. The highest BCUT2D eigenvalue weighted by Crippen LogP contribution is 2.19. The molecule has 0 saturated carbocycles. The smallest absolute Gasteiger partial charge is 0.193 e. The number of benzene rings is 2. The van der Waals surface area contributed by atoms with Crippen LogP contribution in [0.5, 0.6) is 0 Å². The molecule has 0 bridgehead atoms. The summed E-state index contributed by atoms with van der Waals surface area (Å²) in [5.74, 6) is 0.606. The van der Waals surface area contributed by atoms with Gasteiger partial charge in [-0.15, -0.1) is 0 Å². The molecule has 0 aliphatic carbocycles. The van der Waals surface area contributed by atoms with Crippen molar-refractivity contribution in [2.24, 2.45) is 5.92 Å². The molecule has 0 unspecified atom stereocenters. The van der Waals surface area contributed by atoms with Gasteiger partial charge in [-0.2, -0.15) is 0 Å². The normalized spacial score (nSPS) is 10.8. The van der Waals surface area contributed by atoms with E-state index < -0.39 is 0 Å². The topological polar surface area (TPSA) is 17.1 Å². The zero-order valence-corrected chi connectivity index (χ0v) is 12.9. The minimum atomic E-state index is 0.0289. The molecular formula is C18H19ClO. The second kappa shape index (κ2) is 6.23. The molecular weight excluding hydrogens is 268 g/mol. The van der Waals surface area contributed by atoms with Crippen LogP contribution in [0.3, 0.4) is 0 Å². The third kappa shape index (κ3) is 3.71. The fraction of sp³-hybridized carbons (Fsp3) is 0.278. The zero-order valence-electron chi connectivity index (χ0n) is 12.1. The van der Waals surface area contributed by atoms with E-state index in [4.69, 9.17) is 11.6 Å². The molecule has 2 aromatic carbocycles. The van der Waals surface area contributed by atoms with Crippen molar-refractivity contribution in [3.63, 3.8) is 0 Å². The second-order valence-corrected chi connectivity index (χ2v) is 6.08. The van der Waals surface area contributed by atoms with Gasteiger partial charge in [0.05, 0.1) is 0 Å². The van der Waals surface area contributed by atoms with E-state index in [-0.39, 0.29) is 5.78 Å². The molecule has 0 saturated heterocycles. The molecule has 0 radical (unpaired) electrons. The lowest BCUT2D eigenvalue weighted by Crippen LogP contribution is -2.03. The summed E-state index contributed by atoms with van der Waals surface area (Å²) in [6.45, 7) is 6.29. The van der Waals surface area contributed by atoms with Crippen LogP contribution in [0.15, 0.2) is 42.5 Å². The van der Waals surface area contributed by atoms with Crippen LogP contribution in [0.25, 0.3) is 0 Å². The Balaban J connectivity index is 2.33. The maximum absolute atomic E-state index is 12.5. The van der Waals surface area contributed by atoms with Crippen LogP contribution < -0.4 is 0 Å². The third-order valence-electron chi connectivity index (χ3n) is 3.14. The van der Waals surface area contributed by atoms with Gasteiger partial charge in [0.2, 0.25) is 0 Å². The Hall–Kier alpha value is -1.60. The molecule has 0 fully saturated rings. The second-order valence-electron chi connectivity index (χ2n) is 5.64. The number of aryl methyl sites for hydroxylation is 1. The van der Waals surface area contributed by atoms with Crippen molar-refractivity contribution in [1.82, 2.24) is 0 Å². The summed E-state index contributed by atoms with van der Waals surface area (Å²) < 4.78 is 0. The van der Waals surface area contributed by atoms with Gasteiger partial charge in [-0.1, -0.05) is 43.6 Å². The molecule has 2 aromatic rings. The highest BCUT2D eigenvalue weighted by molar-refractivity contribution is 6.31. The first-order chi connectivity index (χ1) is 9.45. The lowest BCUT2D eigenvalue weighted by Gasteiger charge is -2.08. The van der Waals surface area contributed by atoms with Gasteiger partial charge in [-0.25, -0.2) is 0 Å². The largest absolute Gasteiger partial charge is 0.289 e. The first-order valence-corrected chi connectivity index (χ1v) is 7.24. The predicted octanol–water partition coefficient (Wildman–Crippen LogP) is 5.08. The minimum absolute atomic E-state index is 0.0289. The molecule has 104 valence electrons. The van der Waals surface area contributed by atoms with Crippen LogP contribution in [-0.4, -0.2) is 5.78 Å². The fourth-order valence-corrected chi connectivity index (χ4v) is 2.63. The Labute approximate surface area is 125 Å². The van der Waals surface area contributed by atoms with Crippen molar-refractivity contribution < 1.29 is 4.79 Å². The minimum Gasteiger partial charge on any atom is -0.289 e. The Morgan fingerprint density at radius 3 is 2.50 bits per heavy atom. The van der Waals surface area contributed by atoms with Crippen molar-refractivity contribution in [3.05, 3.63) is 69.7 Å². The lowest BCUT2D eigenvalue weighted by atomic mass is 9.97. The van der Waals surface area contributed by atoms with Gasteiger partial charge >= 0.3 is 0 Å². The fourth-order valence-electron chi connectivity index (χ4n) is 2.35. The average molecular weight is 287 g/mol. The summed E-state index contributed by atoms with van der Waals surface area (Å²) in [6.07, 6.45) is 0.982. The van der Waals surface area contributed by atoms with Crippen LogP contribution in [0.4, 0.5) is 0 Å². The van der Waals surface area contributed by atoms with Gasteiger partial charge in [-0.3, -0.25) is 4.79 Å². The van der Waals surface area contributed by atoms with Gasteiger partial charge in [0.1, 0.15) is 0 Å². The molecule has 0 spiro atoms. The molecule has 0 aromatic heterocycles. The van der Waals surface area contributed by atoms with Crippen LogP contribution in [0.2, 0.25) is 5.02 Å². The first kappa shape index (κ1) is 14.8. The van der Waals surface area contributed by atoms with Crippen LogP contribution in [0, 0.1) is 12.8 Å². The number of carbonyl (C=O) groups is 1. The first-order valence-electron chi connectivity index (χ1n) is 6.86. The molecule has 0 amide bonds. The van der Waals surface area contributed by atoms with Crippen LogP contribution in [-0.2, 0) is 6.42 Å². The molecule has 0 heterocycles. The molecule has 2 rings (SSSR count).